The van der Waals surface area contributed by atoms with Gasteiger partial charge < -0.3 is 0 Å². The van der Waals surface area contributed by atoms with Gasteiger partial charge in [0.2, 0.25) is 6.54 Å². The molecule has 1 aromatic rings. The summed E-state index contributed by atoms with van der Waals surface area (Å²) in [6, 6.07) is 7.98. The predicted octanol–water partition coefficient (Wildman–Crippen LogP) is 2.07. The summed E-state index contributed by atoms with van der Waals surface area (Å²) in [5.74, 6) is 0. The third kappa shape index (κ3) is 3.66. The highest BCUT2D eigenvalue weighted by Gasteiger charge is 2.27. The second-order valence-electron chi connectivity index (χ2n) is 3.85. The SMILES string of the molecule is C=CCC(CC[N+](=O)[O-])S(=O)(=O)c1ccccc1. The van der Waals surface area contributed by atoms with Gasteiger partial charge in [0.15, 0.2) is 9.84 Å². The topological polar surface area (TPSA) is 77.3 Å². The highest BCUT2D eigenvalue weighted by Crippen LogP contribution is 2.20. The lowest BCUT2D eigenvalue weighted by Gasteiger charge is -2.14. The molecule has 0 bridgehead atoms. The van der Waals surface area contributed by atoms with Gasteiger partial charge in [0.05, 0.1) is 10.1 Å². The molecule has 0 aliphatic heterocycles. The number of benzene rings is 1. The molecular formula is C12H15NO4S. The zero-order chi connectivity index (χ0) is 13.6. The van der Waals surface area contributed by atoms with Gasteiger partial charge in [-0.15, -0.1) is 6.58 Å². The van der Waals surface area contributed by atoms with E-state index in [-0.39, 0.29) is 24.3 Å². The van der Waals surface area contributed by atoms with E-state index in [2.05, 4.69) is 6.58 Å². The Morgan fingerprint density at radius 2 is 1.94 bits per heavy atom. The molecule has 0 fully saturated rings. The molecule has 0 saturated heterocycles. The maximum absolute atomic E-state index is 12.3. The predicted molar refractivity (Wildman–Crippen MR) is 68.7 cm³/mol. The molecule has 0 aromatic heterocycles. The van der Waals surface area contributed by atoms with Gasteiger partial charge in [0.1, 0.15) is 0 Å². The summed E-state index contributed by atoms with van der Waals surface area (Å²) < 4.78 is 24.5. The number of sulfone groups is 1. The minimum absolute atomic E-state index is 0.00372. The summed E-state index contributed by atoms with van der Waals surface area (Å²) in [6.45, 7) is 3.14. The molecule has 0 saturated carbocycles. The molecule has 1 atom stereocenters. The Morgan fingerprint density at radius 3 is 2.44 bits per heavy atom. The second kappa shape index (κ2) is 6.30. The van der Waals surface area contributed by atoms with E-state index in [0.29, 0.717) is 0 Å². The molecule has 18 heavy (non-hydrogen) atoms. The fourth-order valence-electron chi connectivity index (χ4n) is 1.64. The Morgan fingerprint density at radius 1 is 1.33 bits per heavy atom. The van der Waals surface area contributed by atoms with Gasteiger partial charge in [-0.2, -0.15) is 0 Å². The normalized spacial score (nSPS) is 12.9. The van der Waals surface area contributed by atoms with Gasteiger partial charge in [0, 0.05) is 11.3 Å². The molecule has 5 nitrogen and oxygen atoms in total. The van der Waals surface area contributed by atoms with E-state index in [9.17, 15) is 18.5 Å². The van der Waals surface area contributed by atoms with Crippen LogP contribution in [-0.4, -0.2) is 25.1 Å². The van der Waals surface area contributed by atoms with Crippen molar-refractivity contribution in [2.75, 3.05) is 6.54 Å². The Labute approximate surface area is 106 Å². The van der Waals surface area contributed by atoms with Crippen LogP contribution < -0.4 is 0 Å². The van der Waals surface area contributed by atoms with Crippen LogP contribution in [-0.2, 0) is 9.84 Å². The lowest BCUT2D eigenvalue weighted by molar-refractivity contribution is -0.480. The highest BCUT2D eigenvalue weighted by molar-refractivity contribution is 7.92. The quantitative estimate of drug-likeness (QED) is 0.431. The number of hydrogen-bond donors (Lipinski definition) is 0. The van der Waals surface area contributed by atoms with Crippen molar-refractivity contribution in [3.8, 4) is 0 Å². The third-order valence-corrected chi connectivity index (χ3v) is 4.81. The molecule has 0 heterocycles. The number of allylic oxidation sites excluding steroid dienone is 1. The monoisotopic (exact) mass is 269 g/mol. The van der Waals surface area contributed by atoms with Crippen LogP contribution in [0.15, 0.2) is 47.9 Å². The van der Waals surface area contributed by atoms with Crippen molar-refractivity contribution in [1.82, 2.24) is 0 Å². The second-order valence-corrected chi connectivity index (χ2v) is 6.08. The van der Waals surface area contributed by atoms with E-state index in [1.807, 2.05) is 0 Å². The third-order valence-electron chi connectivity index (χ3n) is 2.57. The van der Waals surface area contributed by atoms with E-state index in [1.54, 1.807) is 18.2 Å². The molecule has 0 aliphatic rings. The van der Waals surface area contributed by atoms with E-state index >= 15 is 0 Å². The van der Waals surface area contributed by atoms with Crippen LogP contribution >= 0.6 is 0 Å². The molecule has 1 rings (SSSR count). The molecule has 0 amide bonds. The first-order valence-electron chi connectivity index (χ1n) is 5.50. The van der Waals surface area contributed by atoms with Crippen LogP contribution in [0.4, 0.5) is 0 Å². The van der Waals surface area contributed by atoms with Crippen molar-refractivity contribution in [2.24, 2.45) is 0 Å². The van der Waals surface area contributed by atoms with Crippen LogP contribution in [0.2, 0.25) is 0 Å². The Bertz CT molecular complexity index is 510. The zero-order valence-corrected chi connectivity index (χ0v) is 10.7. The van der Waals surface area contributed by atoms with Crippen LogP contribution in [0.5, 0.6) is 0 Å². The van der Waals surface area contributed by atoms with E-state index in [0.717, 1.165) is 0 Å². The van der Waals surface area contributed by atoms with Crippen molar-refractivity contribution in [3.63, 3.8) is 0 Å². The number of nitrogens with zero attached hydrogens (tertiary/aromatic N) is 1. The molecule has 0 aliphatic carbocycles. The average molecular weight is 269 g/mol. The van der Waals surface area contributed by atoms with Crippen LogP contribution in [0, 0.1) is 10.1 Å². The van der Waals surface area contributed by atoms with Crippen molar-refractivity contribution in [3.05, 3.63) is 53.1 Å². The number of nitro groups is 1. The van der Waals surface area contributed by atoms with E-state index < -0.39 is 20.0 Å². The van der Waals surface area contributed by atoms with Gasteiger partial charge >= 0.3 is 0 Å². The first-order valence-corrected chi connectivity index (χ1v) is 7.04. The largest absolute Gasteiger partial charge is 0.265 e. The average Bonchev–Trinajstić information content (AvgIpc) is 2.35. The number of rotatable bonds is 7. The first-order chi connectivity index (χ1) is 8.48. The van der Waals surface area contributed by atoms with Crippen molar-refractivity contribution in [1.29, 1.82) is 0 Å². The van der Waals surface area contributed by atoms with Crippen LogP contribution in [0.1, 0.15) is 12.8 Å². The summed E-state index contributed by atoms with van der Waals surface area (Å²) in [4.78, 5) is 10.0. The molecule has 0 radical (unpaired) electrons. The molecular weight excluding hydrogens is 254 g/mol. The minimum Gasteiger partial charge on any atom is -0.265 e. The maximum Gasteiger partial charge on any atom is 0.205 e. The lowest BCUT2D eigenvalue weighted by atomic mass is 10.2. The summed E-state index contributed by atoms with van der Waals surface area (Å²) in [5, 5.41) is 9.57. The standard InChI is InChI=1S/C12H15NO4S/c1-2-6-11(9-10-13(14)15)18(16,17)12-7-4-3-5-8-12/h2-5,7-8,11H,1,6,9-10H2. The van der Waals surface area contributed by atoms with Gasteiger partial charge in [-0.1, -0.05) is 24.3 Å². The molecule has 6 heteroatoms. The molecule has 98 valence electrons. The van der Waals surface area contributed by atoms with Crippen molar-refractivity contribution >= 4 is 9.84 Å². The Hall–Kier alpha value is -1.69. The van der Waals surface area contributed by atoms with Crippen LogP contribution in [0.3, 0.4) is 0 Å². The van der Waals surface area contributed by atoms with Crippen molar-refractivity contribution < 1.29 is 13.3 Å². The van der Waals surface area contributed by atoms with Gasteiger partial charge in [-0.05, 0) is 18.6 Å². The summed E-state index contributed by atoms with van der Waals surface area (Å²) >= 11 is 0. The molecule has 1 aromatic carbocycles. The van der Waals surface area contributed by atoms with Gasteiger partial charge in [0.25, 0.3) is 0 Å². The molecule has 0 N–H and O–H groups in total. The van der Waals surface area contributed by atoms with E-state index in [4.69, 9.17) is 0 Å². The summed E-state index contributed by atoms with van der Waals surface area (Å²) in [6.07, 6.45) is 1.69. The first kappa shape index (κ1) is 14.4. The minimum atomic E-state index is -3.53. The Balaban J connectivity index is 2.97. The van der Waals surface area contributed by atoms with Crippen molar-refractivity contribution in [2.45, 2.75) is 23.0 Å². The lowest BCUT2D eigenvalue weighted by Crippen LogP contribution is -2.24. The Kier molecular flexibility index (Phi) is 5.03. The highest BCUT2D eigenvalue weighted by atomic mass is 32.2. The smallest absolute Gasteiger partial charge is 0.205 e. The maximum atomic E-state index is 12.3. The van der Waals surface area contributed by atoms with Gasteiger partial charge in [-0.25, -0.2) is 8.42 Å². The fraction of sp³-hybridized carbons (Fsp3) is 0.333. The number of hydrogen-bond acceptors (Lipinski definition) is 4. The molecule has 1 unspecified atom stereocenters. The zero-order valence-electron chi connectivity index (χ0n) is 9.86. The summed E-state index contributed by atoms with van der Waals surface area (Å²) in [7, 11) is -3.53. The van der Waals surface area contributed by atoms with Crippen LogP contribution in [0.25, 0.3) is 0 Å². The van der Waals surface area contributed by atoms with E-state index in [1.165, 1.54) is 18.2 Å². The van der Waals surface area contributed by atoms with Gasteiger partial charge in [-0.3, -0.25) is 10.1 Å². The fourth-order valence-corrected chi connectivity index (χ4v) is 3.36. The summed E-state index contributed by atoms with van der Waals surface area (Å²) in [5.41, 5.74) is 0. The molecule has 0 spiro atoms.